The summed E-state index contributed by atoms with van der Waals surface area (Å²) in [7, 11) is 1.98. The second kappa shape index (κ2) is 4.06. The van der Waals surface area contributed by atoms with E-state index < -0.39 is 0 Å². The van der Waals surface area contributed by atoms with E-state index in [0.717, 1.165) is 10.3 Å². The molecule has 0 aliphatic rings. The smallest absolute Gasteiger partial charge is 0.112 e. The summed E-state index contributed by atoms with van der Waals surface area (Å²) >= 11 is 3.56. The van der Waals surface area contributed by atoms with Crippen LogP contribution in [-0.2, 0) is 7.05 Å². The molecule has 0 saturated carbocycles. The van der Waals surface area contributed by atoms with Crippen LogP contribution in [0.5, 0.6) is 0 Å². The Morgan fingerprint density at radius 1 is 1.06 bits per heavy atom. The van der Waals surface area contributed by atoms with Crippen LogP contribution in [0.4, 0.5) is 0 Å². The molecular weight excluding hydrogens is 264 g/mol. The zero-order chi connectivity index (χ0) is 11.9. The largest absolute Gasteiger partial charge is 0.328 e. The highest BCUT2D eigenvalue weighted by atomic mass is 79.9. The summed E-state index contributed by atoms with van der Waals surface area (Å²) in [6, 6.07) is 4.42. The lowest BCUT2D eigenvalue weighted by Gasteiger charge is -2.08. The zero-order valence-corrected chi connectivity index (χ0v) is 11.6. The number of hydrogen-bond acceptors (Lipinski definition) is 1. The zero-order valence-electron chi connectivity index (χ0n) is 10.0. The van der Waals surface area contributed by atoms with Gasteiger partial charge in [0.2, 0.25) is 0 Å². The van der Waals surface area contributed by atoms with E-state index in [2.05, 4.69) is 53.8 Å². The van der Waals surface area contributed by atoms with E-state index >= 15 is 0 Å². The Bertz CT molecular complexity index is 541. The number of hydrogen-bond donors (Lipinski definition) is 0. The highest BCUT2D eigenvalue weighted by Gasteiger charge is 2.11. The highest BCUT2D eigenvalue weighted by molar-refractivity contribution is 9.10. The van der Waals surface area contributed by atoms with Crippen LogP contribution in [0.3, 0.4) is 0 Å². The number of benzene rings is 1. The van der Waals surface area contributed by atoms with Crippen molar-refractivity contribution in [2.75, 3.05) is 0 Å². The van der Waals surface area contributed by atoms with Gasteiger partial charge in [-0.2, -0.15) is 0 Å². The molecule has 0 saturated heterocycles. The summed E-state index contributed by atoms with van der Waals surface area (Å²) in [5.74, 6) is 0. The van der Waals surface area contributed by atoms with Crippen LogP contribution in [0.15, 0.2) is 23.1 Å². The highest BCUT2D eigenvalue weighted by Crippen LogP contribution is 2.30. The summed E-state index contributed by atoms with van der Waals surface area (Å²) in [5.41, 5.74) is 6.12. The lowest BCUT2D eigenvalue weighted by Crippen LogP contribution is -1.90. The van der Waals surface area contributed by atoms with E-state index in [1.165, 1.54) is 22.3 Å². The van der Waals surface area contributed by atoms with E-state index in [0.29, 0.717) is 0 Å². The fourth-order valence-electron chi connectivity index (χ4n) is 1.81. The predicted octanol–water partition coefficient (Wildman–Crippen LogP) is 3.77. The molecule has 1 aromatic heterocycles. The lowest BCUT2D eigenvalue weighted by atomic mass is 9.99. The number of nitrogens with zero attached hydrogens (tertiary/aromatic N) is 2. The van der Waals surface area contributed by atoms with Gasteiger partial charge in [0, 0.05) is 12.6 Å². The van der Waals surface area contributed by atoms with Gasteiger partial charge in [0.15, 0.2) is 0 Å². The summed E-state index contributed by atoms with van der Waals surface area (Å²) in [5, 5.41) is 0. The molecule has 0 fully saturated rings. The second-order valence-electron chi connectivity index (χ2n) is 4.25. The molecule has 2 rings (SSSR count). The van der Waals surface area contributed by atoms with E-state index in [-0.39, 0.29) is 0 Å². The Kier molecular flexibility index (Phi) is 2.89. The molecule has 0 aliphatic heterocycles. The van der Waals surface area contributed by atoms with Gasteiger partial charge in [-0.1, -0.05) is 6.07 Å². The molecule has 0 N–H and O–H groups in total. The first-order valence-electron chi connectivity index (χ1n) is 5.25. The first-order valence-corrected chi connectivity index (χ1v) is 6.05. The summed E-state index contributed by atoms with van der Waals surface area (Å²) < 4.78 is 3.00. The minimum absolute atomic E-state index is 1.02. The third-order valence-electron chi connectivity index (χ3n) is 2.96. The molecule has 0 aliphatic carbocycles. The van der Waals surface area contributed by atoms with Gasteiger partial charge in [-0.15, -0.1) is 0 Å². The van der Waals surface area contributed by atoms with Crippen molar-refractivity contribution in [1.82, 2.24) is 9.55 Å². The minimum Gasteiger partial charge on any atom is -0.328 e. The van der Waals surface area contributed by atoms with Crippen molar-refractivity contribution in [2.24, 2.45) is 7.05 Å². The molecule has 2 aromatic rings. The quantitative estimate of drug-likeness (QED) is 0.777. The van der Waals surface area contributed by atoms with Gasteiger partial charge in [-0.3, -0.25) is 0 Å². The maximum absolute atomic E-state index is 4.43. The average Bonchev–Trinajstić information content (AvgIpc) is 2.54. The predicted molar refractivity (Wildman–Crippen MR) is 70.6 cm³/mol. The first kappa shape index (κ1) is 11.4. The van der Waals surface area contributed by atoms with Gasteiger partial charge in [-0.25, -0.2) is 4.98 Å². The van der Waals surface area contributed by atoms with Gasteiger partial charge in [0.05, 0.1) is 6.33 Å². The van der Waals surface area contributed by atoms with Crippen LogP contribution in [0.2, 0.25) is 0 Å². The average molecular weight is 279 g/mol. The van der Waals surface area contributed by atoms with E-state index in [4.69, 9.17) is 0 Å². The monoisotopic (exact) mass is 278 g/mol. The van der Waals surface area contributed by atoms with Crippen molar-refractivity contribution in [3.8, 4) is 11.3 Å². The van der Waals surface area contributed by atoms with Crippen molar-refractivity contribution in [2.45, 2.75) is 20.8 Å². The SMILES string of the molecule is Cc1cc(C)c(-c2ncn(C)c2Br)cc1C. The maximum atomic E-state index is 4.43. The number of rotatable bonds is 1. The molecule has 0 unspecified atom stereocenters. The van der Waals surface area contributed by atoms with Crippen molar-refractivity contribution >= 4 is 15.9 Å². The molecule has 0 radical (unpaired) electrons. The fourth-order valence-corrected chi connectivity index (χ4v) is 2.22. The third kappa shape index (κ3) is 1.80. The molecule has 2 nitrogen and oxygen atoms in total. The molecular formula is C13H15BrN2. The van der Waals surface area contributed by atoms with Crippen molar-refractivity contribution in [1.29, 1.82) is 0 Å². The van der Waals surface area contributed by atoms with Crippen LogP contribution in [-0.4, -0.2) is 9.55 Å². The maximum Gasteiger partial charge on any atom is 0.112 e. The van der Waals surface area contributed by atoms with Crippen LogP contribution < -0.4 is 0 Å². The first-order chi connectivity index (χ1) is 7.50. The fraction of sp³-hybridized carbons (Fsp3) is 0.308. The number of aromatic nitrogens is 2. The van der Waals surface area contributed by atoms with E-state index in [1.807, 2.05) is 17.9 Å². The van der Waals surface area contributed by atoms with Crippen molar-refractivity contribution in [3.05, 3.63) is 39.8 Å². The third-order valence-corrected chi connectivity index (χ3v) is 3.90. The van der Waals surface area contributed by atoms with Crippen LogP contribution >= 0.6 is 15.9 Å². The Hall–Kier alpha value is -1.09. The van der Waals surface area contributed by atoms with E-state index in [9.17, 15) is 0 Å². The standard InChI is InChI=1S/C13H15BrN2/c1-8-5-10(3)11(6-9(8)2)12-13(14)16(4)7-15-12/h5-7H,1-4H3. The Labute approximate surface area is 104 Å². The summed E-state index contributed by atoms with van der Waals surface area (Å²) in [4.78, 5) is 4.43. The molecule has 16 heavy (non-hydrogen) atoms. The molecule has 1 heterocycles. The Balaban J connectivity index is 2.65. The Morgan fingerprint density at radius 3 is 2.25 bits per heavy atom. The van der Waals surface area contributed by atoms with Gasteiger partial charge >= 0.3 is 0 Å². The van der Waals surface area contributed by atoms with Gasteiger partial charge in [-0.05, 0) is 59.5 Å². The van der Waals surface area contributed by atoms with E-state index in [1.54, 1.807) is 0 Å². The molecule has 0 amide bonds. The van der Waals surface area contributed by atoms with Crippen LogP contribution in [0.25, 0.3) is 11.3 Å². The van der Waals surface area contributed by atoms with Crippen molar-refractivity contribution < 1.29 is 0 Å². The summed E-state index contributed by atoms with van der Waals surface area (Å²) in [6.45, 7) is 6.40. The van der Waals surface area contributed by atoms with Crippen LogP contribution in [0.1, 0.15) is 16.7 Å². The topological polar surface area (TPSA) is 17.8 Å². The van der Waals surface area contributed by atoms with Crippen LogP contribution in [0, 0.1) is 20.8 Å². The second-order valence-corrected chi connectivity index (χ2v) is 5.00. The number of halogens is 1. The normalized spacial score (nSPS) is 10.8. The molecule has 0 spiro atoms. The minimum atomic E-state index is 1.02. The molecule has 84 valence electrons. The van der Waals surface area contributed by atoms with Crippen molar-refractivity contribution in [3.63, 3.8) is 0 Å². The van der Waals surface area contributed by atoms with Gasteiger partial charge in [0.25, 0.3) is 0 Å². The molecule has 1 aromatic carbocycles. The Morgan fingerprint density at radius 2 is 1.69 bits per heavy atom. The molecule has 0 atom stereocenters. The van der Waals surface area contributed by atoms with Gasteiger partial charge in [0.1, 0.15) is 10.3 Å². The van der Waals surface area contributed by atoms with Gasteiger partial charge < -0.3 is 4.57 Å². The summed E-state index contributed by atoms with van der Waals surface area (Å²) in [6.07, 6.45) is 1.83. The number of imidazole rings is 1. The molecule has 3 heteroatoms. The number of aryl methyl sites for hydroxylation is 4. The molecule has 0 bridgehead atoms. The lowest BCUT2D eigenvalue weighted by molar-refractivity contribution is 0.891.